The van der Waals surface area contributed by atoms with Crippen LogP contribution in [0.5, 0.6) is 0 Å². The third-order valence-electron chi connectivity index (χ3n) is 3.21. The van der Waals surface area contributed by atoms with Crippen LogP contribution in [0.2, 0.25) is 0 Å². The second-order valence-electron chi connectivity index (χ2n) is 4.92. The Hall–Kier alpha value is -1.19. The van der Waals surface area contributed by atoms with Gasteiger partial charge in [-0.3, -0.25) is 0 Å². The van der Waals surface area contributed by atoms with Crippen LogP contribution in [0.25, 0.3) is 0 Å². The summed E-state index contributed by atoms with van der Waals surface area (Å²) in [5, 5.41) is 3.41. The molecule has 0 saturated heterocycles. The standard InChI is InChI=1S/C16H20FNS/c1-5-18-15(16-11(3)9-12(4)19-16)13-8-10(2)6-7-14(13)17/h6-9,15,18H,5H2,1-4H3. The summed E-state index contributed by atoms with van der Waals surface area (Å²) >= 11 is 1.74. The van der Waals surface area contributed by atoms with Gasteiger partial charge in [0.2, 0.25) is 0 Å². The molecule has 1 unspecified atom stereocenters. The normalized spacial score (nSPS) is 12.7. The van der Waals surface area contributed by atoms with Crippen LogP contribution >= 0.6 is 11.3 Å². The average molecular weight is 277 g/mol. The zero-order chi connectivity index (χ0) is 14.0. The molecule has 0 aliphatic rings. The first-order chi connectivity index (χ1) is 9.02. The van der Waals surface area contributed by atoms with Gasteiger partial charge in [-0.05, 0) is 45.0 Å². The Morgan fingerprint density at radius 2 is 1.95 bits per heavy atom. The largest absolute Gasteiger partial charge is 0.306 e. The zero-order valence-electron chi connectivity index (χ0n) is 11.9. The SMILES string of the molecule is CCNC(c1cc(C)ccc1F)c1sc(C)cc1C. The lowest BCUT2D eigenvalue weighted by Crippen LogP contribution is -2.22. The lowest BCUT2D eigenvalue weighted by molar-refractivity contribution is 0.561. The minimum Gasteiger partial charge on any atom is -0.306 e. The van der Waals surface area contributed by atoms with Crippen LogP contribution in [-0.4, -0.2) is 6.54 Å². The summed E-state index contributed by atoms with van der Waals surface area (Å²) in [4.78, 5) is 2.48. The minimum atomic E-state index is -0.137. The summed E-state index contributed by atoms with van der Waals surface area (Å²) in [7, 11) is 0. The maximum Gasteiger partial charge on any atom is 0.128 e. The number of thiophene rings is 1. The molecule has 1 aromatic heterocycles. The van der Waals surface area contributed by atoms with Crippen LogP contribution in [0.1, 0.15) is 39.4 Å². The molecular formula is C16H20FNS. The van der Waals surface area contributed by atoms with Crippen LogP contribution in [0.4, 0.5) is 4.39 Å². The topological polar surface area (TPSA) is 12.0 Å². The van der Waals surface area contributed by atoms with E-state index in [-0.39, 0.29) is 11.9 Å². The Bertz CT molecular complexity index is 574. The van der Waals surface area contributed by atoms with Crippen molar-refractivity contribution in [1.82, 2.24) is 5.32 Å². The van der Waals surface area contributed by atoms with E-state index >= 15 is 0 Å². The second-order valence-corrected chi connectivity index (χ2v) is 6.21. The van der Waals surface area contributed by atoms with E-state index in [4.69, 9.17) is 0 Å². The molecule has 0 saturated carbocycles. The summed E-state index contributed by atoms with van der Waals surface area (Å²) in [5.41, 5.74) is 3.06. The van der Waals surface area contributed by atoms with E-state index in [1.807, 2.05) is 19.1 Å². The first-order valence-corrected chi connectivity index (χ1v) is 7.41. The molecule has 0 bridgehead atoms. The summed E-state index contributed by atoms with van der Waals surface area (Å²) in [6.45, 7) is 9.05. The molecule has 19 heavy (non-hydrogen) atoms. The molecule has 0 fully saturated rings. The lowest BCUT2D eigenvalue weighted by Gasteiger charge is -2.19. The maximum absolute atomic E-state index is 14.1. The van der Waals surface area contributed by atoms with Crippen molar-refractivity contribution in [3.05, 3.63) is 56.5 Å². The van der Waals surface area contributed by atoms with Gasteiger partial charge >= 0.3 is 0 Å². The Balaban J connectivity index is 2.51. The molecule has 1 N–H and O–H groups in total. The summed E-state index contributed by atoms with van der Waals surface area (Å²) in [5.74, 6) is -0.137. The molecule has 0 aliphatic heterocycles. The van der Waals surface area contributed by atoms with Crippen molar-refractivity contribution < 1.29 is 4.39 Å². The summed E-state index contributed by atoms with van der Waals surface area (Å²) < 4.78 is 14.1. The summed E-state index contributed by atoms with van der Waals surface area (Å²) in [6, 6.07) is 7.43. The van der Waals surface area contributed by atoms with E-state index in [1.165, 1.54) is 15.3 Å². The lowest BCUT2D eigenvalue weighted by atomic mass is 10.0. The zero-order valence-corrected chi connectivity index (χ0v) is 12.7. The van der Waals surface area contributed by atoms with Crippen molar-refractivity contribution in [2.24, 2.45) is 0 Å². The van der Waals surface area contributed by atoms with E-state index in [0.29, 0.717) is 0 Å². The Morgan fingerprint density at radius 1 is 1.21 bits per heavy atom. The molecule has 102 valence electrons. The number of aryl methyl sites for hydroxylation is 3. The van der Waals surface area contributed by atoms with Gasteiger partial charge in [0.25, 0.3) is 0 Å². The maximum atomic E-state index is 14.1. The van der Waals surface area contributed by atoms with Crippen molar-refractivity contribution >= 4 is 11.3 Å². The van der Waals surface area contributed by atoms with Gasteiger partial charge in [-0.15, -0.1) is 11.3 Å². The third-order valence-corrected chi connectivity index (χ3v) is 4.43. The number of hydrogen-bond donors (Lipinski definition) is 1. The Labute approximate surface area is 118 Å². The molecule has 2 rings (SSSR count). The molecule has 1 nitrogen and oxygen atoms in total. The van der Waals surface area contributed by atoms with Crippen LogP contribution in [0.15, 0.2) is 24.3 Å². The van der Waals surface area contributed by atoms with E-state index < -0.39 is 0 Å². The third kappa shape index (κ3) is 3.04. The van der Waals surface area contributed by atoms with Gasteiger partial charge in [0.15, 0.2) is 0 Å². The number of nitrogens with one attached hydrogen (secondary N) is 1. The predicted molar refractivity (Wildman–Crippen MR) is 80.4 cm³/mol. The van der Waals surface area contributed by atoms with Gasteiger partial charge in [0.05, 0.1) is 6.04 Å². The number of halogens is 1. The van der Waals surface area contributed by atoms with Crippen molar-refractivity contribution in [3.8, 4) is 0 Å². The highest BCUT2D eigenvalue weighted by atomic mass is 32.1. The van der Waals surface area contributed by atoms with E-state index in [9.17, 15) is 4.39 Å². The molecule has 0 spiro atoms. The number of hydrogen-bond acceptors (Lipinski definition) is 2. The monoisotopic (exact) mass is 277 g/mol. The fourth-order valence-electron chi connectivity index (χ4n) is 2.38. The molecule has 0 aliphatic carbocycles. The van der Waals surface area contributed by atoms with E-state index in [1.54, 1.807) is 17.4 Å². The van der Waals surface area contributed by atoms with Crippen molar-refractivity contribution in [1.29, 1.82) is 0 Å². The molecule has 1 heterocycles. The first kappa shape index (κ1) is 14.2. The first-order valence-electron chi connectivity index (χ1n) is 6.59. The van der Waals surface area contributed by atoms with Gasteiger partial charge < -0.3 is 5.32 Å². The van der Waals surface area contributed by atoms with Crippen LogP contribution < -0.4 is 5.32 Å². The van der Waals surface area contributed by atoms with E-state index in [2.05, 4.69) is 32.2 Å². The smallest absolute Gasteiger partial charge is 0.128 e. The van der Waals surface area contributed by atoms with Gasteiger partial charge in [-0.1, -0.05) is 24.6 Å². The molecule has 3 heteroatoms. The van der Waals surface area contributed by atoms with Gasteiger partial charge in [0.1, 0.15) is 5.82 Å². The Kier molecular flexibility index (Phi) is 4.38. The number of benzene rings is 1. The fourth-order valence-corrected chi connectivity index (χ4v) is 3.51. The van der Waals surface area contributed by atoms with Gasteiger partial charge in [0, 0.05) is 15.3 Å². The highest BCUT2D eigenvalue weighted by Crippen LogP contribution is 2.33. The molecule has 2 aromatic rings. The van der Waals surface area contributed by atoms with Crippen molar-refractivity contribution in [3.63, 3.8) is 0 Å². The van der Waals surface area contributed by atoms with Crippen LogP contribution in [0.3, 0.4) is 0 Å². The Morgan fingerprint density at radius 3 is 2.53 bits per heavy atom. The van der Waals surface area contributed by atoms with Gasteiger partial charge in [-0.2, -0.15) is 0 Å². The molecule has 0 amide bonds. The molecule has 1 aromatic carbocycles. The van der Waals surface area contributed by atoms with Crippen LogP contribution in [-0.2, 0) is 0 Å². The van der Waals surface area contributed by atoms with E-state index in [0.717, 1.165) is 17.7 Å². The highest BCUT2D eigenvalue weighted by Gasteiger charge is 2.20. The highest BCUT2D eigenvalue weighted by molar-refractivity contribution is 7.12. The molecular weight excluding hydrogens is 257 g/mol. The quantitative estimate of drug-likeness (QED) is 0.867. The second kappa shape index (κ2) is 5.85. The van der Waals surface area contributed by atoms with Crippen molar-refractivity contribution in [2.75, 3.05) is 6.54 Å². The van der Waals surface area contributed by atoms with Crippen molar-refractivity contribution in [2.45, 2.75) is 33.7 Å². The fraction of sp³-hybridized carbons (Fsp3) is 0.375. The van der Waals surface area contributed by atoms with Crippen LogP contribution in [0, 0.1) is 26.6 Å². The molecule has 1 atom stereocenters. The average Bonchev–Trinajstić information content (AvgIpc) is 2.69. The predicted octanol–water partition coefficient (Wildman–Crippen LogP) is 4.51. The minimum absolute atomic E-state index is 0.0522. The van der Waals surface area contributed by atoms with Gasteiger partial charge in [-0.25, -0.2) is 4.39 Å². The number of rotatable bonds is 4. The summed E-state index contributed by atoms with van der Waals surface area (Å²) in [6.07, 6.45) is 0. The molecule has 0 radical (unpaired) electrons.